The molecule has 0 radical (unpaired) electrons. The van der Waals surface area contributed by atoms with Crippen molar-refractivity contribution in [3.8, 4) is 0 Å². The van der Waals surface area contributed by atoms with Crippen molar-refractivity contribution < 1.29 is 9.90 Å². The molecule has 0 saturated carbocycles. The number of rotatable bonds is 6. The Morgan fingerprint density at radius 1 is 1.53 bits per heavy atom. The molecule has 106 valence electrons. The van der Waals surface area contributed by atoms with E-state index >= 15 is 0 Å². The minimum atomic E-state index is -0.512. The van der Waals surface area contributed by atoms with Gasteiger partial charge < -0.3 is 15.3 Å². The molecule has 5 heteroatoms. The van der Waals surface area contributed by atoms with Crippen molar-refractivity contribution in [1.82, 2.24) is 5.32 Å². The number of amides is 1. The predicted molar refractivity (Wildman–Crippen MR) is 81.3 cm³/mol. The Kier molecular flexibility index (Phi) is 6.31. The first-order valence-corrected chi connectivity index (χ1v) is 7.22. The summed E-state index contributed by atoms with van der Waals surface area (Å²) in [6, 6.07) is 5.77. The fraction of sp³-hybridized carbons (Fsp3) is 0.500. The number of hydrogen-bond acceptors (Lipinski definition) is 3. The van der Waals surface area contributed by atoms with E-state index < -0.39 is 6.10 Å². The third-order valence-corrected chi connectivity index (χ3v) is 3.59. The zero-order chi connectivity index (χ0) is 14.4. The van der Waals surface area contributed by atoms with Crippen molar-refractivity contribution in [1.29, 1.82) is 0 Å². The lowest BCUT2D eigenvalue weighted by Crippen LogP contribution is -2.36. The quantitative estimate of drug-likeness (QED) is 0.843. The number of carbonyl (C=O) groups excluding carboxylic acids is 1. The SMILES string of the molecule is CCCN(CC(=O)NC)c1ccc(C(C)O)c(Br)c1. The fourth-order valence-electron chi connectivity index (χ4n) is 1.87. The number of nitrogens with zero attached hydrogens (tertiary/aromatic N) is 1. The van der Waals surface area contributed by atoms with E-state index in [0.29, 0.717) is 6.54 Å². The van der Waals surface area contributed by atoms with Gasteiger partial charge in [0.05, 0.1) is 12.6 Å². The molecule has 0 fully saturated rings. The van der Waals surface area contributed by atoms with Crippen molar-refractivity contribution >= 4 is 27.5 Å². The first-order chi connectivity index (χ1) is 8.99. The standard InChI is InChI=1S/C14H21BrN2O2/c1-4-7-17(9-14(19)16-3)11-5-6-12(10(2)18)13(15)8-11/h5-6,8,10,18H,4,7,9H2,1-3H3,(H,16,19). The summed E-state index contributed by atoms with van der Waals surface area (Å²) in [5.41, 5.74) is 1.82. The van der Waals surface area contributed by atoms with Crippen molar-refractivity contribution in [2.75, 3.05) is 25.0 Å². The number of benzene rings is 1. The number of carbonyl (C=O) groups is 1. The van der Waals surface area contributed by atoms with Gasteiger partial charge in [0.2, 0.25) is 5.91 Å². The molecular weight excluding hydrogens is 308 g/mol. The Bertz CT molecular complexity index is 435. The summed E-state index contributed by atoms with van der Waals surface area (Å²) in [7, 11) is 1.64. The van der Waals surface area contributed by atoms with E-state index in [1.54, 1.807) is 14.0 Å². The Balaban J connectivity index is 2.96. The Hall–Kier alpha value is -1.07. The molecule has 0 aliphatic rings. The van der Waals surface area contributed by atoms with Gasteiger partial charge in [0.25, 0.3) is 0 Å². The van der Waals surface area contributed by atoms with E-state index in [9.17, 15) is 9.90 Å². The number of anilines is 1. The summed E-state index contributed by atoms with van der Waals surface area (Å²) in [5, 5.41) is 12.2. The molecule has 0 heterocycles. The third kappa shape index (κ3) is 4.51. The third-order valence-electron chi connectivity index (χ3n) is 2.91. The van der Waals surface area contributed by atoms with E-state index in [4.69, 9.17) is 0 Å². The average molecular weight is 329 g/mol. The van der Waals surface area contributed by atoms with Gasteiger partial charge in [-0.15, -0.1) is 0 Å². The minimum Gasteiger partial charge on any atom is -0.389 e. The van der Waals surface area contributed by atoms with E-state index in [2.05, 4.69) is 28.2 Å². The molecule has 1 unspecified atom stereocenters. The van der Waals surface area contributed by atoms with Crippen LogP contribution in [0.4, 0.5) is 5.69 Å². The fourth-order valence-corrected chi connectivity index (χ4v) is 2.57. The highest BCUT2D eigenvalue weighted by Gasteiger charge is 2.13. The molecule has 0 aromatic heterocycles. The molecule has 0 spiro atoms. The highest BCUT2D eigenvalue weighted by atomic mass is 79.9. The highest BCUT2D eigenvalue weighted by Crippen LogP contribution is 2.28. The van der Waals surface area contributed by atoms with Crippen molar-refractivity contribution in [2.24, 2.45) is 0 Å². The molecule has 1 rings (SSSR count). The van der Waals surface area contributed by atoms with Gasteiger partial charge >= 0.3 is 0 Å². The molecule has 19 heavy (non-hydrogen) atoms. The van der Waals surface area contributed by atoms with Crippen molar-refractivity contribution in [3.63, 3.8) is 0 Å². The van der Waals surface area contributed by atoms with E-state index in [-0.39, 0.29) is 5.91 Å². The maximum absolute atomic E-state index is 11.5. The van der Waals surface area contributed by atoms with Crippen LogP contribution in [0.3, 0.4) is 0 Å². The summed E-state index contributed by atoms with van der Waals surface area (Å²) in [6.07, 6.45) is 0.453. The molecule has 4 nitrogen and oxygen atoms in total. The minimum absolute atomic E-state index is 0.0100. The van der Waals surface area contributed by atoms with Crippen molar-refractivity contribution in [3.05, 3.63) is 28.2 Å². The van der Waals surface area contributed by atoms with Gasteiger partial charge in [-0.2, -0.15) is 0 Å². The second-order valence-electron chi connectivity index (χ2n) is 4.48. The van der Waals surface area contributed by atoms with Gasteiger partial charge in [-0.05, 0) is 31.0 Å². The smallest absolute Gasteiger partial charge is 0.239 e. The number of aliphatic hydroxyl groups is 1. The van der Waals surface area contributed by atoms with Gasteiger partial charge in [-0.25, -0.2) is 0 Å². The Labute approximate surface area is 122 Å². The van der Waals surface area contributed by atoms with Crippen LogP contribution in [0.1, 0.15) is 31.9 Å². The molecule has 0 aliphatic heterocycles. The first-order valence-electron chi connectivity index (χ1n) is 6.42. The second kappa shape index (κ2) is 7.50. The summed E-state index contributed by atoms with van der Waals surface area (Å²) in [6.45, 7) is 4.96. The van der Waals surface area contributed by atoms with Crippen molar-refractivity contribution in [2.45, 2.75) is 26.4 Å². The van der Waals surface area contributed by atoms with Gasteiger partial charge in [-0.3, -0.25) is 4.79 Å². The van der Waals surface area contributed by atoms with Crippen LogP contribution >= 0.6 is 15.9 Å². The van der Waals surface area contributed by atoms with Crippen LogP contribution in [-0.4, -0.2) is 31.2 Å². The zero-order valence-electron chi connectivity index (χ0n) is 11.6. The second-order valence-corrected chi connectivity index (χ2v) is 5.33. The zero-order valence-corrected chi connectivity index (χ0v) is 13.2. The Morgan fingerprint density at radius 3 is 2.68 bits per heavy atom. The molecule has 0 aliphatic carbocycles. The number of nitrogens with one attached hydrogen (secondary N) is 1. The average Bonchev–Trinajstić information content (AvgIpc) is 2.37. The number of aliphatic hydroxyl groups excluding tert-OH is 1. The Morgan fingerprint density at radius 2 is 2.21 bits per heavy atom. The molecule has 1 aromatic carbocycles. The van der Waals surface area contributed by atoms with Crippen LogP contribution < -0.4 is 10.2 Å². The lowest BCUT2D eigenvalue weighted by molar-refractivity contribution is -0.119. The normalized spacial score (nSPS) is 12.1. The maximum Gasteiger partial charge on any atom is 0.239 e. The largest absolute Gasteiger partial charge is 0.389 e. The van der Waals surface area contributed by atoms with Crippen LogP contribution in [-0.2, 0) is 4.79 Å². The summed E-state index contributed by atoms with van der Waals surface area (Å²) in [4.78, 5) is 13.5. The molecule has 2 N–H and O–H groups in total. The molecular formula is C14H21BrN2O2. The van der Waals surface area contributed by atoms with Gasteiger partial charge in [0.1, 0.15) is 0 Å². The highest BCUT2D eigenvalue weighted by molar-refractivity contribution is 9.10. The van der Waals surface area contributed by atoms with Crippen LogP contribution in [0.15, 0.2) is 22.7 Å². The van der Waals surface area contributed by atoms with Crippen LogP contribution in [0.5, 0.6) is 0 Å². The van der Waals surface area contributed by atoms with Crippen LogP contribution in [0.25, 0.3) is 0 Å². The molecule has 1 aromatic rings. The number of halogens is 1. The van der Waals surface area contributed by atoms with Crippen LogP contribution in [0, 0.1) is 0 Å². The number of likely N-dealkylation sites (N-methyl/N-ethyl adjacent to an activating group) is 1. The van der Waals surface area contributed by atoms with Crippen LogP contribution in [0.2, 0.25) is 0 Å². The molecule has 0 bridgehead atoms. The maximum atomic E-state index is 11.5. The molecule has 0 saturated heterocycles. The van der Waals surface area contributed by atoms with Gasteiger partial charge in [-0.1, -0.05) is 28.9 Å². The topological polar surface area (TPSA) is 52.6 Å². The lowest BCUT2D eigenvalue weighted by Gasteiger charge is -2.24. The van der Waals surface area contributed by atoms with E-state index in [1.165, 1.54) is 0 Å². The lowest BCUT2D eigenvalue weighted by atomic mass is 10.1. The first kappa shape index (κ1) is 16.0. The van der Waals surface area contributed by atoms with E-state index in [1.807, 2.05) is 23.1 Å². The molecule has 1 amide bonds. The molecule has 1 atom stereocenters. The summed E-state index contributed by atoms with van der Waals surface area (Å²) in [5.74, 6) is -0.0100. The van der Waals surface area contributed by atoms with Gasteiger partial charge in [0.15, 0.2) is 0 Å². The monoisotopic (exact) mass is 328 g/mol. The summed E-state index contributed by atoms with van der Waals surface area (Å²) >= 11 is 3.46. The van der Waals surface area contributed by atoms with E-state index in [0.717, 1.165) is 28.7 Å². The van der Waals surface area contributed by atoms with Gasteiger partial charge in [0, 0.05) is 23.8 Å². The predicted octanol–water partition coefficient (Wildman–Crippen LogP) is 2.46. The summed E-state index contributed by atoms with van der Waals surface area (Å²) < 4.78 is 0.859. The number of hydrogen-bond donors (Lipinski definition) is 2.